The fourth-order valence-corrected chi connectivity index (χ4v) is 1.73. The number of carboxylic acid groups (broad SMARTS) is 1. The van der Waals surface area contributed by atoms with Crippen molar-refractivity contribution in [2.24, 2.45) is 11.3 Å². The first kappa shape index (κ1) is 14.2. The molecule has 1 unspecified atom stereocenters. The fourth-order valence-electron chi connectivity index (χ4n) is 1.73. The normalized spacial score (nSPS) is 14.2. The lowest BCUT2D eigenvalue weighted by Gasteiger charge is -2.29. The average molecular weight is 251 g/mol. The number of non-ortho nitro benzene ring substituents is 1. The van der Waals surface area contributed by atoms with Gasteiger partial charge in [-0.3, -0.25) is 14.9 Å². The Hall–Kier alpha value is -1.91. The summed E-state index contributed by atoms with van der Waals surface area (Å²) in [6.07, 6.45) is 0.279. The third-order valence-corrected chi connectivity index (χ3v) is 3.46. The number of carbonyl (C=O) groups is 1. The van der Waals surface area contributed by atoms with E-state index in [0.717, 1.165) is 0 Å². The standard InChI is InChI=1S/C13H17NO4/c1-9(2)13(3,12(15)16)8-10-5-4-6-11(7-10)14(17)18/h4-7,9H,8H2,1-3H3,(H,15,16). The molecule has 1 atom stereocenters. The predicted octanol–water partition coefficient (Wildman–Crippen LogP) is 2.88. The molecule has 0 fully saturated rings. The van der Waals surface area contributed by atoms with E-state index in [1.165, 1.54) is 12.1 Å². The summed E-state index contributed by atoms with van der Waals surface area (Å²) >= 11 is 0. The maximum atomic E-state index is 11.4. The number of hydrogen-bond acceptors (Lipinski definition) is 3. The molecule has 0 saturated heterocycles. The first-order valence-corrected chi connectivity index (χ1v) is 5.74. The zero-order chi connectivity index (χ0) is 13.9. The monoisotopic (exact) mass is 251 g/mol. The number of hydrogen-bond donors (Lipinski definition) is 1. The van der Waals surface area contributed by atoms with Gasteiger partial charge in [0.25, 0.3) is 5.69 Å². The third kappa shape index (κ3) is 2.85. The first-order chi connectivity index (χ1) is 8.27. The van der Waals surface area contributed by atoms with Gasteiger partial charge in [-0.15, -0.1) is 0 Å². The van der Waals surface area contributed by atoms with Crippen molar-refractivity contribution in [3.63, 3.8) is 0 Å². The maximum absolute atomic E-state index is 11.4. The van der Waals surface area contributed by atoms with Gasteiger partial charge < -0.3 is 5.11 Å². The van der Waals surface area contributed by atoms with E-state index in [-0.39, 0.29) is 18.0 Å². The van der Waals surface area contributed by atoms with E-state index >= 15 is 0 Å². The van der Waals surface area contributed by atoms with Gasteiger partial charge in [-0.1, -0.05) is 26.0 Å². The number of rotatable bonds is 5. The highest BCUT2D eigenvalue weighted by Crippen LogP contribution is 2.32. The van der Waals surface area contributed by atoms with Crippen LogP contribution in [0.2, 0.25) is 0 Å². The van der Waals surface area contributed by atoms with Crippen molar-refractivity contribution in [1.82, 2.24) is 0 Å². The zero-order valence-electron chi connectivity index (χ0n) is 10.7. The van der Waals surface area contributed by atoms with Crippen molar-refractivity contribution in [3.8, 4) is 0 Å². The molecule has 18 heavy (non-hydrogen) atoms. The van der Waals surface area contributed by atoms with E-state index in [1.807, 2.05) is 13.8 Å². The van der Waals surface area contributed by atoms with Crippen LogP contribution in [0.4, 0.5) is 5.69 Å². The van der Waals surface area contributed by atoms with Crippen LogP contribution in [0.1, 0.15) is 26.3 Å². The summed E-state index contributed by atoms with van der Waals surface area (Å²) in [5.74, 6) is -0.946. The summed E-state index contributed by atoms with van der Waals surface area (Å²) in [5.41, 5.74) is -0.262. The maximum Gasteiger partial charge on any atom is 0.309 e. The Morgan fingerprint density at radius 2 is 2.11 bits per heavy atom. The van der Waals surface area contributed by atoms with Crippen LogP contribution in [0.5, 0.6) is 0 Å². The lowest BCUT2D eigenvalue weighted by molar-refractivity contribution is -0.384. The van der Waals surface area contributed by atoms with Gasteiger partial charge in [0.15, 0.2) is 0 Å². The van der Waals surface area contributed by atoms with Gasteiger partial charge in [0.2, 0.25) is 0 Å². The first-order valence-electron chi connectivity index (χ1n) is 5.74. The minimum atomic E-state index is -0.921. The number of nitro benzene ring substituents is 1. The van der Waals surface area contributed by atoms with Crippen LogP contribution in [0.3, 0.4) is 0 Å². The third-order valence-electron chi connectivity index (χ3n) is 3.46. The molecular weight excluding hydrogens is 234 g/mol. The van der Waals surface area contributed by atoms with Crippen molar-refractivity contribution in [2.45, 2.75) is 27.2 Å². The van der Waals surface area contributed by atoms with Gasteiger partial charge in [0.1, 0.15) is 0 Å². The molecule has 1 N–H and O–H groups in total. The van der Waals surface area contributed by atoms with Crippen LogP contribution in [-0.2, 0) is 11.2 Å². The van der Waals surface area contributed by atoms with Crippen LogP contribution < -0.4 is 0 Å². The summed E-state index contributed by atoms with van der Waals surface area (Å²) in [4.78, 5) is 21.6. The molecular formula is C13H17NO4. The molecule has 0 bridgehead atoms. The Morgan fingerprint density at radius 1 is 1.50 bits per heavy atom. The molecule has 1 aromatic carbocycles. The molecule has 0 saturated carbocycles. The van der Waals surface area contributed by atoms with Crippen LogP contribution in [0.25, 0.3) is 0 Å². The predicted molar refractivity (Wildman–Crippen MR) is 67.4 cm³/mol. The van der Waals surface area contributed by atoms with Crippen molar-refractivity contribution in [3.05, 3.63) is 39.9 Å². The molecule has 0 aliphatic heterocycles. The minimum absolute atomic E-state index is 0.0102. The topological polar surface area (TPSA) is 80.4 Å². The Morgan fingerprint density at radius 3 is 2.56 bits per heavy atom. The molecule has 0 aromatic heterocycles. The van der Waals surface area contributed by atoms with Crippen LogP contribution in [0.15, 0.2) is 24.3 Å². The molecule has 0 radical (unpaired) electrons. The summed E-state index contributed by atoms with van der Waals surface area (Å²) in [7, 11) is 0. The highest BCUT2D eigenvalue weighted by atomic mass is 16.6. The van der Waals surface area contributed by atoms with E-state index in [0.29, 0.717) is 5.56 Å². The Balaban J connectivity index is 3.05. The highest BCUT2D eigenvalue weighted by molar-refractivity contribution is 5.75. The van der Waals surface area contributed by atoms with Crippen molar-refractivity contribution >= 4 is 11.7 Å². The molecule has 0 spiro atoms. The summed E-state index contributed by atoms with van der Waals surface area (Å²) in [6, 6.07) is 6.13. The van der Waals surface area contributed by atoms with Crippen LogP contribution in [0, 0.1) is 21.4 Å². The smallest absolute Gasteiger partial charge is 0.309 e. The second-order valence-electron chi connectivity index (χ2n) is 4.98. The molecule has 0 amide bonds. The SMILES string of the molecule is CC(C)C(C)(Cc1cccc([N+](=O)[O-])c1)C(=O)O. The van der Waals surface area contributed by atoms with Gasteiger partial charge in [0, 0.05) is 12.1 Å². The van der Waals surface area contributed by atoms with Crippen molar-refractivity contribution in [2.75, 3.05) is 0 Å². The van der Waals surface area contributed by atoms with Crippen molar-refractivity contribution < 1.29 is 14.8 Å². The molecule has 5 heteroatoms. The Kier molecular flexibility index (Phi) is 4.06. The second-order valence-corrected chi connectivity index (χ2v) is 4.98. The van der Waals surface area contributed by atoms with E-state index in [9.17, 15) is 20.0 Å². The lowest BCUT2D eigenvalue weighted by atomic mass is 9.74. The molecule has 0 aliphatic rings. The van der Waals surface area contributed by atoms with Gasteiger partial charge in [-0.2, -0.15) is 0 Å². The number of aliphatic carboxylic acids is 1. The van der Waals surface area contributed by atoms with Gasteiger partial charge in [-0.05, 0) is 24.8 Å². The van der Waals surface area contributed by atoms with Gasteiger partial charge in [-0.25, -0.2) is 0 Å². The number of carboxylic acids is 1. The van der Waals surface area contributed by atoms with E-state index in [1.54, 1.807) is 19.1 Å². The summed E-state index contributed by atoms with van der Waals surface area (Å²) in [6.45, 7) is 5.34. The van der Waals surface area contributed by atoms with E-state index < -0.39 is 16.3 Å². The minimum Gasteiger partial charge on any atom is -0.481 e. The lowest BCUT2D eigenvalue weighted by Crippen LogP contribution is -2.35. The van der Waals surface area contributed by atoms with Crippen LogP contribution >= 0.6 is 0 Å². The molecule has 1 rings (SSSR count). The Bertz CT molecular complexity index is 470. The second kappa shape index (κ2) is 5.16. The van der Waals surface area contributed by atoms with Crippen molar-refractivity contribution in [1.29, 1.82) is 0 Å². The molecule has 98 valence electrons. The average Bonchev–Trinajstić information content (AvgIpc) is 2.28. The fraction of sp³-hybridized carbons (Fsp3) is 0.462. The molecule has 1 aromatic rings. The van der Waals surface area contributed by atoms with Gasteiger partial charge in [0.05, 0.1) is 10.3 Å². The number of nitro groups is 1. The largest absolute Gasteiger partial charge is 0.481 e. The van der Waals surface area contributed by atoms with Crippen LogP contribution in [-0.4, -0.2) is 16.0 Å². The number of nitrogens with zero attached hydrogens (tertiary/aromatic N) is 1. The molecule has 0 aliphatic carbocycles. The zero-order valence-corrected chi connectivity index (χ0v) is 10.7. The highest BCUT2D eigenvalue weighted by Gasteiger charge is 2.36. The molecule has 5 nitrogen and oxygen atoms in total. The Labute approximate surface area is 106 Å². The summed E-state index contributed by atoms with van der Waals surface area (Å²) < 4.78 is 0. The van der Waals surface area contributed by atoms with Gasteiger partial charge >= 0.3 is 5.97 Å². The molecule has 0 heterocycles. The quantitative estimate of drug-likeness (QED) is 0.644. The summed E-state index contributed by atoms with van der Waals surface area (Å²) in [5, 5.41) is 20.0. The van der Waals surface area contributed by atoms with E-state index in [4.69, 9.17) is 0 Å². The number of benzene rings is 1. The van der Waals surface area contributed by atoms with E-state index in [2.05, 4.69) is 0 Å².